The highest BCUT2D eigenvalue weighted by atomic mass is 32.2. The normalized spacial score (nSPS) is 24.8. The number of benzene rings is 1. The van der Waals surface area contributed by atoms with Crippen molar-refractivity contribution in [2.75, 3.05) is 18.8 Å². The van der Waals surface area contributed by atoms with Gasteiger partial charge in [0.25, 0.3) is 0 Å². The Kier molecular flexibility index (Phi) is 4.21. The molecule has 1 aromatic carbocycles. The molecular formula is C16H20FNO3S. The Morgan fingerprint density at radius 1 is 1.18 bits per heavy atom. The summed E-state index contributed by atoms with van der Waals surface area (Å²) in [5, 5.41) is -0.854. The zero-order valence-corrected chi connectivity index (χ0v) is 13.2. The molecule has 0 spiro atoms. The van der Waals surface area contributed by atoms with E-state index in [-0.39, 0.29) is 30.2 Å². The minimum absolute atomic E-state index is 0.0342. The molecule has 0 aromatic heterocycles. The lowest BCUT2D eigenvalue weighted by Gasteiger charge is -2.20. The highest BCUT2D eigenvalue weighted by Gasteiger charge is 2.35. The Morgan fingerprint density at radius 3 is 2.59 bits per heavy atom. The molecule has 2 fully saturated rings. The quantitative estimate of drug-likeness (QED) is 0.857. The number of carbonyl (C=O) groups is 1. The molecule has 1 aliphatic carbocycles. The summed E-state index contributed by atoms with van der Waals surface area (Å²) in [5.41, 5.74) is 0.221. The van der Waals surface area contributed by atoms with Crippen molar-refractivity contribution in [1.82, 2.24) is 4.90 Å². The summed E-state index contributed by atoms with van der Waals surface area (Å²) in [6.07, 6.45) is 2.97. The van der Waals surface area contributed by atoms with E-state index in [1.165, 1.54) is 12.1 Å². The SMILES string of the molecule is O=C(CC1CC1)N1CCC(c2ccccc2F)S(=O)(=O)CC1. The average Bonchev–Trinajstić information content (AvgIpc) is 3.28. The van der Waals surface area contributed by atoms with Crippen molar-refractivity contribution in [3.63, 3.8) is 0 Å². The van der Waals surface area contributed by atoms with Gasteiger partial charge in [-0.1, -0.05) is 18.2 Å². The Balaban J connectivity index is 1.78. The molecule has 120 valence electrons. The van der Waals surface area contributed by atoms with Crippen LogP contribution in [0.25, 0.3) is 0 Å². The second kappa shape index (κ2) is 5.99. The molecule has 2 aliphatic rings. The Labute approximate surface area is 130 Å². The van der Waals surface area contributed by atoms with Crippen LogP contribution in [0.5, 0.6) is 0 Å². The van der Waals surface area contributed by atoms with Gasteiger partial charge in [-0.05, 0) is 31.2 Å². The molecule has 0 radical (unpaired) electrons. The molecule has 6 heteroatoms. The third-order valence-electron chi connectivity index (χ3n) is 4.51. The van der Waals surface area contributed by atoms with Gasteiger partial charge in [0.2, 0.25) is 5.91 Å². The molecule has 1 saturated heterocycles. The zero-order chi connectivity index (χ0) is 15.7. The summed E-state index contributed by atoms with van der Waals surface area (Å²) in [6.45, 7) is 0.600. The van der Waals surface area contributed by atoms with Crippen LogP contribution >= 0.6 is 0 Å². The highest BCUT2D eigenvalue weighted by Crippen LogP contribution is 2.34. The fraction of sp³-hybridized carbons (Fsp3) is 0.562. The van der Waals surface area contributed by atoms with Crippen molar-refractivity contribution in [1.29, 1.82) is 0 Å². The molecule has 22 heavy (non-hydrogen) atoms. The van der Waals surface area contributed by atoms with E-state index < -0.39 is 20.9 Å². The van der Waals surface area contributed by atoms with Gasteiger partial charge in [-0.25, -0.2) is 12.8 Å². The summed E-state index contributed by atoms with van der Waals surface area (Å²) in [6, 6.07) is 6.01. The summed E-state index contributed by atoms with van der Waals surface area (Å²) in [5.74, 6) is -0.0713. The lowest BCUT2D eigenvalue weighted by Crippen LogP contribution is -2.33. The largest absolute Gasteiger partial charge is 0.342 e. The number of hydrogen-bond acceptors (Lipinski definition) is 3. The lowest BCUT2D eigenvalue weighted by molar-refractivity contribution is -0.131. The molecular weight excluding hydrogens is 305 g/mol. The average molecular weight is 325 g/mol. The molecule has 1 unspecified atom stereocenters. The predicted molar refractivity (Wildman–Crippen MR) is 81.5 cm³/mol. The summed E-state index contributed by atoms with van der Waals surface area (Å²) < 4.78 is 38.8. The molecule has 0 bridgehead atoms. The first-order chi connectivity index (χ1) is 10.5. The van der Waals surface area contributed by atoms with Crippen LogP contribution in [0.1, 0.15) is 36.5 Å². The van der Waals surface area contributed by atoms with Crippen LogP contribution in [-0.4, -0.2) is 38.1 Å². The van der Waals surface area contributed by atoms with Crippen molar-refractivity contribution in [2.24, 2.45) is 5.92 Å². The predicted octanol–water partition coefficient (Wildman–Crippen LogP) is 2.31. The topological polar surface area (TPSA) is 54.5 Å². The van der Waals surface area contributed by atoms with Crippen LogP contribution in [0.15, 0.2) is 24.3 Å². The second-order valence-corrected chi connectivity index (χ2v) is 8.50. The maximum absolute atomic E-state index is 13.9. The molecule has 0 N–H and O–H groups in total. The standard InChI is InChI=1S/C16H20FNO3S/c17-14-4-2-1-3-13(14)15-7-8-18(9-10-22(15,20)21)16(19)11-12-5-6-12/h1-4,12,15H,5-11H2. The minimum Gasteiger partial charge on any atom is -0.342 e. The van der Waals surface area contributed by atoms with Crippen LogP contribution in [0.3, 0.4) is 0 Å². The van der Waals surface area contributed by atoms with E-state index >= 15 is 0 Å². The molecule has 1 aromatic rings. The van der Waals surface area contributed by atoms with E-state index in [1.54, 1.807) is 17.0 Å². The molecule has 1 amide bonds. The smallest absolute Gasteiger partial charge is 0.222 e. The van der Waals surface area contributed by atoms with Gasteiger partial charge in [-0.15, -0.1) is 0 Å². The van der Waals surface area contributed by atoms with Crippen molar-refractivity contribution in [3.05, 3.63) is 35.6 Å². The first-order valence-corrected chi connectivity index (χ1v) is 9.42. The fourth-order valence-corrected chi connectivity index (χ4v) is 4.78. The van der Waals surface area contributed by atoms with Crippen molar-refractivity contribution >= 4 is 15.7 Å². The molecule has 1 aliphatic heterocycles. The van der Waals surface area contributed by atoms with Gasteiger partial charge in [-0.3, -0.25) is 4.79 Å². The van der Waals surface area contributed by atoms with Gasteiger partial charge in [0.05, 0.1) is 11.0 Å². The number of nitrogens with zero attached hydrogens (tertiary/aromatic N) is 1. The van der Waals surface area contributed by atoms with Crippen LogP contribution in [0.2, 0.25) is 0 Å². The van der Waals surface area contributed by atoms with E-state index in [1.807, 2.05) is 0 Å². The molecule has 4 nitrogen and oxygen atoms in total. The van der Waals surface area contributed by atoms with Crippen molar-refractivity contribution in [3.8, 4) is 0 Å². The first kappa shape index (κ1) is 15.5. The fourth-order valence-electron chi connectivity index (χ4n) is 2.98. The third kappa shape index (κ3) is 3.32. The number of halogens is 1. The van der Waals surface area contributed by atoms with Crippen molar-refractivity contribution in [2.45, 2.75) is 30.9 Å². The summed E-state index contributed by atoms with van der Waals surface area (Å²) >= 11 is 0. The van der Waals surface area contributed by atoms with Gasteiger partial charge in [0.15, 0.2) is 9.84 Å². The Bertz CT molecular complexity index is 670. The van der Waals surface area contributed by atoms with Gasteiger partial charge in [0.1, 0.15) is 5.82 Å². The Hall–Kier alpha value is -1.43. The zero-order valence-electron chi connectivity index (χ0n) is 12.4. The third-order valence-corrected chi connectivity index (χ3v) is 6.61. The van der Waals surface area contributed by atoms with Crippen LogP contribution in [-0.2, 0) is 14.6 Å². The lowest BCUT2D eigenvalue weighted by atomic mass is 10.1. The van der Waals surface area contributed by atoms with E-state index in [9.17, 15) is 17.6 Å². The van der Waals surface area contributed by atoms with Gasteiger partial charge >= 0.3 is 0 Å². The number of amides is 1. The van der Waals surface area contributed by atoms with Crippen LogP contribution < -0.4 is 0 Å². The van der Waals surface area contributed by atoms with Crippen molar-refractivity contribution < 1.29 is 17.6 Å². The maximum Gasteiger partial charge on any atom is 0.222 e. The number of hydrogen-bond donors (Lipinski definition) is 0. The number of carbonyl (C=O) groups excluding carboxylic acids is 1. The second-order valence-electron chi connectivity index (χ2n) is 6.19. The summed E-state index contributed by atoms with van der Waals surface area (Å²) in [4.78, 5) is 13.8. The molecule has 1 atom stereocenters. The minimum atomic E-state index is -3.45. The number of sulfone groups is 1. The Morgan fingerprint density at radius 2 is 1.91 bits per heavy atom. The number of rotatable bonds is 3. The molecule has 1 saturated carbocycles. The van der Waals surface area contributed by atoms with E-state index in [0.717, 1.165) is 12.8 Å². The van der Waals surface area contributed by atoms with Gasteiger partial charge in [0, 0.05) is 25.1 Å². The van der Waals surface area contributed by atoms with E-state index in [0.29, 0.717) is 18.9 Å². The maximum atomic E-state index is 13.9. The molecule has 1 heterocycles. The molecule has 3 rings (SSSR count). The highest BCUT2D eigenvalue weighted by molar-refractivity contribution is 7.91. The van der Waals surface area contributed by atoms with Crippen LogP contribution in [0.4, 0.5) is 4.39 Å². The van der Waals surface area contributed by atoms with Gasteiger partial charge < -0.3 is 4.90 Å². The first-order valence-electron chi connectivity index (χ1n) is 7.71. The van der Waals surface area contributed by atoms with E-state index in [2.05, 4.69) is 0 Å². The van der Waals surface area contributed by atoms with Gasteiger partial charge in [-0.2, -0.15) is 0 Å². The van der Waals surface area contributed by atoms with E-state index in [4.69, 9.17) is 0 Å². The summed E-state index contributed by atoms with van der Waals surface area (Å²) in [7, 11) is -3.45. The monoisotopic (exact) mass is 325 g/mol. The van der Waals surface area contributed by atoms with Crippen LogP contribution in [0, 0.1) is 11.7 Å².